The normalized spacial score (nSPS) is 11.2. The Bertz CT molecular complexity index is 1130. The number of anilines is 1. The van der Waals surface area contributed by atoms with Crippen LogP contribution in [-0.2, 0) is 5.41 Å². The Labute approximate surface area is 172 Å². The van der Waals surface area contributed by atoms with Gasteiger partial charge in [0.2, 0.25) is 0 Å². The smallest absolute Gasteiger partial charge is 0.273 e. The van der Waals surface area contributed by atoms with Gasteiger partial charge in [-0.3, -0.25) is 19.7 Å². The van der Waals surface area contributed by atoms with Gasteiger partial charge in [0.05, 0.1) is 10.6 Å². The number of nitro groups is 1. The van der Waals surface area contributed by atoms with E-state index in [1.165, 1.54) is 16.8 Å². The molecule has 2 amide bonds. The number of nitrogens with two attached hydrogens (primary N) is 1. The fraction of sp³-hybridized carbons (Fsp3) is 0.190. The van der Waals surface area contributed by atoms with Crippen LogP contribution in [-0.4, -0.2) is 26.5 Å². The number of benzene rings is 2. The standard InChI is InChI=1S/C21H21N5O4/c1-21(2,3)16-9-4-13(12-18(16)26(29)30)20(28)23-14-5-7-15(8-6-14)25-11-10-17(24-25)19(22)27/h4-12H,1-3H3,(H2,22,27)(H,23,28). The van der Waals surface area contributed by atoms with Gasteiger partial charge in [0.15, 0.2) is 0 Å². The van der Waals surface area contributed by atoms with Crippen molar-refractivity contribution in [3.8, 4) is 5.69 Å². The minimum absolute atomic E-state index is 0.0885. The van der Waals surface area contributed by atoms with E-state index in [1.807, 2.05) is 20.8 Å². The SMILES string of the molecule is CC(C)(C)c1ccc(C(=O)Nc2ccc(-n3ccc(C(N)=O)n3)cc2)cc1[N+](=O)[O-]. The van der Waals surface area contributed by atoms with Crippen LogP contribution in [0.15, 0.2) is 54.7 Å². The second-order valence-corrected chi connectivity index (χ2v) is 7.75. The number of carbonyl (C=O) groups excluding carboxylic acids is 2. The fourth-order valence-electron chi connectivity index (χ4n) is 2.96. The van der Waals surface area contributed by atoms with Crippen molar-refractivity contribution >= 4 is 23.2 Å². The molecule has 154 valence electrons. The molecule has 0 atom stereocenters. The van der Waals surface area contributed by atoms with E-state index >= 15 is 0 Å². The topological polar surface area (TPSA) is 133 Å². The molecule has 0 aliphatic rings. The minimum Gasteiger partial charge on any atom is -0.364 e. The Morgan fingerprint density at radius 1 is 1.10 bits per heavy atom. The van der Waals surface area contributed by atoms with Crippen molar-refractivity contribution in [1.29, 1.82) is 0 Å². The first-order valence-electron chi connectivity index (χ1n) is 9.12. The summed E-state index contributed by atoms with van der Waals surface area (Å²) < 4.78 is 1.49. The molecule has 0 aliphatic carbocycles. The largest absolute Gasteiger partial charge is 0.364 e. The molecule has 1 heterocycles. The first-order chi connectivity index (χ1) is 14.1. The van der Waals surface area contributed by atoms with Crippen LogP contribution in [0.25, 0.3) is 5.69 Å². The summed E-state index contributed by atoms with van der Waals surface area (Å²) >= 11 is 0. The van der Waals surface area contributed by atoms with E-state index in [0.29, 0.717) is 16.9 Å². The minimum atomic E-state index is -0.621. The third-order valence-electron chi connectivity index (χ3n) is 4.50. The molecule has 0 unspecified atom stereocenters. The summed E-state index contributed by atoms with van der Waals surface area (Å²) in [6, 6.07) is 12.7. The summed E-state index contributed by atoms with van der Waals surface area (Å²) in [5, 5.41) is 18.2. The van der Waals surface area contributed by atoms with Crippen molar-refractivity contribution in [2.24, 2.45) is 5.73 Å². The molecule has 0 spiro atoms. The molecule has 0 saturated carbocycles. The highest BCUT2D eigenvalue weighted by Crippen LogP contribution is 2.32. The molecule has 0 fully saturated rings. The maximum Gasteiger partial charge on any atom is 0.273 e. The molecular formula is C21H21N5O4. The zero-order chi connectivity index (χ0) is 22.1. The third kappa shape index (κ3) is 4.35. The van der Waals surface area contributed by atoms with Gasteiger partial charge in [0, 0.05) is 29.1 Å². The Morgan fingerprint density at radius 3 is 2.30 bits per heavy atom. The summed E-state index contributed by atoms with van der Waals surface area (Å²) in [4.78, 5) is 34.7. The number of primary amides is 1. The van der Waals surface area contributed by atoms with Crippen molar-refractivity contribution < 1.29 is 14.5 Å². The molecule has 3 N–H and O–H groups in total. The lowest BCUT2D eigenvalue weighted by atomic mass is 9.85. The van der Waals surface area contributed by atoms with Crippen molar-refractivity contribution in [1.82, 2.24) is 9.78 Å². The highest BCUT2D eigenvalue weighted by atomic mass is 16.6. The number of aromatic nitrogens is 2. The van der Waals surface area contributed by atoms with E-state index < -0.39 is 22.2 Å². The number of nitro benzene ring substituents is 1. The Hall–Kier alpha value is -4.01. The van der Waals surface area contributed by atoms with Crippen LogP contribution < -0.4 is 11.1 Å². The highest BCUT2D eigenvalue weighted by molar-refractivity contribution is 6.04. The zero-order valence-electron chi connectivity index (χ0n) is 16.7. The van der Waals surface area contributed by atoms with E-state index in [0.717, 1.165) is 0 Å². The number of hydrogen-bond acceptors (Lipinski definition) is 5. The molecule has 1 aromatic heterocycles. The van der Waals surface area contributed by atoms with Gasteiger partial charge < -0.3 is 11.1 Å². The second-order valence-electron chi connectivity index (χ2n) is 7.75. The van der Waals surface area contributed by atoms with Crippen LogP contribution in [0, 0.1) is 10.1 Å². The molecule has 0 saturated heterocycles. The Morgan fingerprint density at radius 2 is 1.77 bits per heavy atom. The predicted octanol–water partition coefficient (Wildman–Crippen LogP) is 3.43. The monoisotopic (exact) mass is 407 g/mol. The Balaban J connectivity index is 1.79. The summed E-state index contributed by atoms with van der Waals surface area (Å²) in [5.41, 5.74) is 6.76. The van der Waals surface area contributed by atoms with E-state index in [2.05, 4.69) is 10.4 Å². The number of rotatable bonds is 5. The van der Waals surface area contributed by atoms with Crippen molar-refractivity contribution in [3.05, 3.63) is 81.7 Å². The van der Waals surface area contributed by atoms with Crippen LogP contribution in [0.5, 0.6) is 0 Å². The van der Waals surface area contributed by atoms with Gasteiger partial charge in [-0.25, -0.2) is 4.68 Å². The van der Waals surface area contributed by atoms with Crippen molar-refractivity contribution in [2.45, 2.75) is 26.2 Å². The van der Waals surface area contributed by atoms with E-state index in [9.17, 15) is 19.7 Å². The zero-order valence-corrected chi connectivity index (χ0v) is 16.7. The van der Waals surface area contributed by atoms with Crippen LogP contribution in [0.4, 0.5) is 11.4 Å². The maximum atomic E-state index is 12.6. The first-order valence-corrected chi connectivity index (χ1v) is 9.12. The summed E-state index contributed by atoms with van der Waals surface area (Å²) in [6.07, 6.45) is 1.60. The second kappa shape index (κ2) is 7.78. The van der Waals surface area contributed by atoms with E-state index in [1.54, 1.807) is 42.6 Å². The average Bonchev–Trinajstić information content (AvgIpc) is 3.18. The number of amides is 2. The average molecular weight is 407 g/mol. The van der Waals surface area contributed by atoms with Crippen LogP contribution in [0.3, 0.4) is 0 Å². The van der Waals surface area contributed by atoms with Crippen LogP contribution in [0.1, 0.15) is 47.2 Å². The molecular weight excluding hydrogens is 386 g/mol. The van der Waals surface area contributed by atoms with Gasteiger partial charge in [-0.1, -0.05) is 26.8 Å². The van der Waals surface area contributed by atoms with E-state index in [-0.39, 0.29) is 16.9 Å². The quantitative estimate of drug-likeness (QED) is 0.494. The maximum absolute atomic E-state index is 12.6. The van der Waals surface area contributed by atoms with Gasteiger partial charge in [0.1, 0.15) is 5.69 Å². The van der Waals surface area contributed by atoms with Crippen molar-refractivity contribution in [2.75, 3.05) is 5.32 Å². The van der Waals surface area contributed by atoms with Gasteiger partial charge in [-0.2, -0.15) is 5.10 Å². The Kier molecular flexibility index (Phi) is 5.37. The molecule has 3 aromatic rings. The number of hydrogen-bond donors (Lipinski definition) is 2. The molecule has 30 heavy (non-hydrogen) atoms. The summed E-state index contributed by atoms with van der Waals surface area (Å²) in [5.74, 6) is -1.08. The molecule has 9 nitrogen and oxygen atoms in total. The predicted molar refractivity (Wildman–Crippen MR) is 112 cm³/mol. The molecule has 2 aromatic carbocycles. The van der Waals surface area contributed by atoms with Crippen molar-refractivity contribution in [3.63, 3.8) is 0 Å². The van der Waals surface area contributed by atoms with E-state index in [4.69, 9.17) is 5.73 Å². The van der Waals surface area contributed by atoms with Gasteiger partial charge in [0.25, 0.3) is 17.5 Å². The highest BCUT2D eigenvalue weighted by Gasteiger charge is 2.26. The first kappa shape index (κ1) is 20.7. The molecule has 9 heteroatoms. The van der Waals surface area contributed by atoms with Crippen LogP contribution >= 0.6 is 0 Å². The number of carbonyl (C=O) groups is 2. The van der Waals surface area contributed by atoms with Crippen LogP contribution in [0.2, 0.25) is 0 Å². The lowest BCUT2D eigenvalue weighted by Gasteiger charge is -2.19. The molecule has 0 bridgehead atoms. The third-order valence-corrected chi connectivity index (χ3v) is 4.50. The molecule has 3 rings (SSSR count). The fourth-order valence-corrected chi connectivity index (χ4v) is 2.96. The number of nitrogens with one attached hydrogen (secondary N) is 1. The molecule has 0 radical (unpaired) electrons. The lowest BCUT2D eigenvalue weighted by Crippen LogP contribution is -2.16. The summed E-state index contributed by atoms with van der Waals surface area (Å²) in [6.45, 7) is 5.63. The summed E-state index contributed by atoms with van der Waals surface area (Å²) in [7, 11) is 0. The van der Waals surface area contributed by atoms with Gasteiger partial charge >= 0.3 is 0 Å². The molecule has 0 aliphatic heterocycles. The van der Waals surface area contributed by atoms with Gasteiger partial charge in [-0.05, 0) is 41.8 Å². The number of nitrogens with zero attached hydrogens (tertiary/aromatic N) is 3. The lowest BCUT2D eigenvalue weighted by molar-refractivity contribution is -0.386. The van der Waals surface area contributed by atoms with Gasteiger partial charge in [-0.15, -0.1) is 0 Å².